The maximum Gasteiger partial charge on any atom is 0.136 e. The van der Waals surface area contributed by atoms with Gasteiger partial charge in [0.15, 0.2) is 0 Å². The van der Waals surface area contributed by atoms with Crippen molar-refractivity contribution >= 4 is 0 Å². The van der Waals surface area contributed by atoms with E-state index in [4.69, 9.17) is 10.00 Å². The molecule has 0 aromatic heterocycles. The zero-order chi connectivity index (χ0) is 9.68. The minimum atomic E-state index is 0.599. The molecule has 0 radical (unpaired) electrons. The van der Waals surface area contributed by atoms with E-state index in [0.29, 0.717) is 11.3 Å². The number of nitriles is 1. The average Bonchev–Trinajstić information content (AvgIpc) is 2.18. The number of hydrogen-bond acceptors (Lipinski definition) is 2. The fourth-order valence-corrected chi connectivity index (χ4v) is 1.27. The minimum Gasteiger partial charge on any atom is -0.495 e. The van der Waals surface area contributed by atoms with Crippen LogP contribution < -0.4 is 4.74 Å². The van der Waals surface area contributed by atoms with Crippen LogP contribution in [0.2, 0.25) is 0 Å². The van der Waals surface area contributed by atoms with Crippen LogP contribution in [0.25, 0.3) is 0 Å². The van der Waals surface area contributed by atoms with Crippen molar-refractivity contribution in [2.45, 2.75) is 19.8 Å². The standard InChI is InChI=1S/C11H13NO/c1-3-4-9-5-6-10(8-12)11(7-9)13-2/h5-7H,3-4H2,1-2H3. The lowest BCUT2D eigenvalue weighted by molar-refractivity contribution is 0.413. The van der Waals surface area contributed by atoms with Crippen molar-refractivity contribution in [2.75, 3.05) is 7.11 Å². The molecule has 1 aromatic carbocycles. The molecular weight excluding hydrogens is 162 g/mol. The van der Waals surface area contributed by atoms with Gasteiger partial charge in [-0.05, 0) is 24.1 Å². The number of benzene rings is 1. The van der Waals surface area contributed by atoms with Crippen molar-refractivity contribution in [3.63, 3.8) is 0 Å². The van der Waals surface area contributed by atoms with Crippen LogP contribution in [0.3, 0.4) is 0 Å². The molecule has 0 fully saturated rings. The summed E-state index contributed by atoms with van der Waals surface area (Å²) in [5, 5.41) is 8.74. The van der Waals surface area contributed by atoms with E-state index in [2.05, 4.69) is 13.0 Å². The van der Waals surface area contributed by atoms with E-state index in [1.807, 2.05) is 18.2 Å². The van der Waals surface area contributed by atoms with Crippen molar-refractivity contribution < 1.29 is 4.74 Å². The van der Waals surface area contributed by atoms with Gasteiger partial charge in [-0.1, -0.05) is 19.4 Å². The monoisotopic (exact) mass is 175 g/mol. The lowest BCUT2D eigenvalue weighted by Gasteiger charge is -2.04. The number of aryl methyl sites for hydroxylation is 1. The van der Waals surface area contributed by atoms with Gasteiger partial charge in [0, 0.05) is 0 Å². The number of rotatable bonds is 3. The van der Waals surface area contributed by atoms with Gasteiger partial charge in [0.25, 0.3) is 0 Å². The van der Waals surface area contributed by atoms with Crippen molar-refractivity contribution in [3.8, 4) is 11.8 Å². The summed E-state index contributed by atoms with van der Waals surface area (Å²) in [6.45, 7) is 2.13. The smallest absolute Gasteiger partial charge is 0.136 e. The molecule has 1 rings (SSSR count). The number of ether oxygens (including phenoxy) is 1. The lowest BCUT2D eigenvalue weighted by atomic mass is 10.1. The Hall–Kier alpha value is -1.49. The Balaban J connectivity index is 3.00. The summed E-state index contributed by atoms with van der Waals surface area (Å²) in [5.74, 6) is 0.674. The highest BCUT2D eigenvalue weighted by Gasteiger charge is 2.02. The van der Waals surface area contributed by atoms with Gasteiger partial charge >= 0.3 is 0 Å². The largest absolute Gasteiger partial charge is 0.495 e. The lowest BCUT2D eigenvalue weighted by Crippen LogP contribution is -1.90. The number of hydrogen-bond donors (Lipinski definition) is 0. The van der Waals surface area contributed by atoms with Gasteiger partial charge in [0.2, 0.25) is 0 Å². The van der Waals surface area contributed by atoms with Crippen molar-refractivity contribution in [1.82, 2.24) is 0 Å². The molecule has 1 aromatic rings. The van der Waals surface area contributed by atoms with Gasteiger partial charge < -0.3 is 4.74 Å². The Kier molecular flexibility index (Phi) is 3.33. The first kappa shape index (κ1) is 9.60. The first-order valence-corrected chi connectivity index (χ1v) is 4.38. The molecule has 0 atom stereocenters. The Morgan fingerprint density at radius 3 is 2.77 bits per heavy atom. The maximum atomic E-state index is 8.74. The third-order valence-electron chi connectivity index (χ3n) is 1.93. The summed E-state index contributed by atoms with van der Waals surface area (Å²) in [7, 11) is 1.59. The van der Waals surface area contributed by atoms with Gasteiger partial charge in [-0.3, -0.25) is 0 Å². The van der Waals surface area contributed by atoms with E-state index in [-0.39, 0.29) is 0 Å². The molecule has 0 N–H and O–H groups in total. The molecule has 0 spiro atoms. The minimum absolute atomic E-state index is 0.599. The Morgan fingerprint density at radius 1 is 1.46 bits per heavy atom. The number of nitrogens with zero attached hydrogens (tertiary/aromatic N) is 1. The summed E-state index contributed by atoms with van der Waals surface area (Å²) in [5.41, 5.74) is 1.82. The fourth-order valence-electron chi connectivity index (χ4n) is 1.27. The molecule has 2 nitrogen and oxygen atoms in total. The number of methoxy groups -OCH3 is 1. The van der Waals surface area contributed by atoms with Gasteiger partial charge in [0.1, 0.15) is 11.8 Å². The van der Waals surface area contributed by atoms with Crippen LogP contribution in [-0.2, 0) is 6.42 Å². The molecule has 0 aliphatic rings. The third-order valence-corrected chi connectivity index (χ3v) is 1.93. The topological polar surface area (TPSA) is 33.0 Å². The highest BCUT2D eigenvalue weighted by molar-refractivity contribution is 5.45. The van der Waals surface area contributed by atoms with E-state index < -0.39 is 0 Å². The fraction of sp³-hybridized carbons (Fsp3) is 0.364. The van der Waals surface area contributed by atoms with Crippen LogP contribution >= 0.6 is 0 Å². The first-order chi connectivity index (χ1) is 6.31. The van der Waals surface area contributed by atoms with Crippen molar-refractivity contribution in [3.05, 3.63) is 29.3 Å². The molecule has 13 heavy (non-hydrogen) atoms. The van der Waals surface area contributed by atoms with E-state index in [0.717, 1.165) is 12.8 Å². The first-order valence-electron chi connectivity index (χ1n) is 4.38. The molecule has 2 heteroatoms. The van der Waals surface area contributed by atoms with E-state index in [9.17, 15) is 0 Å². The zero-order valence-corrected chi connectivity index (χ0v) is 8.00. The molecule has 0 heterocycles. The summed E-state index contributed by atoms with van der Waals surface area (Å²) in [6.07, 6.45) is 2.14. The van der Waals surface area contributed by atoms with E-state index >= 15 is 0 Å². The second kappa shape index (κ2) is 4.51. The predicted molar refractivity (Wildman–Crippen MR) is 51.7 cm³/mol. The van der Waals surface area contributed by atoms with E-state index in [1.165, 1.54) is 5.56 Å². The zero-order valence-electron chi connectivity index (χ0n) is 8.00. The van der Waals surface area contributed by atoms with Crippen LogP contribution in [0.5, 0.6) is 5.75 Å². The molecule has 0 bridgehead atoms. The Morgan fingerprint density at radius 2 is 2.23 bits per heavy atom. The van der Waals surface area contributed by atoms with Crippen molar-refractivity contribution in [2.24, 2.45) is 0 Å². The molecule has 0 aliphatic carbocycles. The van der Waals surface area contributed by atoms with Gasteiger partial charge in [-0.15, -0.1) is 0 Å². The maximum absolute atomic E-state index is 8.74. The summed E-state index contributed by atoms with van der Waals surface area (Å²) in [6, 6.07) is 7.81. The van der Waals surface area contributed by atoms with Crippen LogP contribution in [0, 0.1) is 11.3 Å². The SMILES string of the molecule is CCCc1ccc(C#N)c(OC)c1. The summed E-state index contributed by atoms with van der Waals surface area (Å²) in [4.78, 5) is 0. The molecule has 0 saturated carbocycles. The summed E-state index contributed by atoms with van der Waals surface area (Å²) < 4.78 is 5.10. The van der Waals surface area contributed by atoms with Crippen LogP contribution in [-0.4, -0.2) is 7.11 Å². The molecule has 68 valence electrons. The van der Waals surface area contributed by atoms with Gasteiger partial charge in [-0.25, -0.2) is 0 Å². The predicted octanol–water partition coefficient (Wildman–Crippen LogP) is 2.52. The molecular formula is C11H13NO. The van der Waals surface area contributed by atoms with Gasteiger partial charge in [0.05, 0.1) is 12.7 Å². The molecule has 0 amide bonds. The van der Waals surface area contributed by atoms with E-state index in [1.54, 1.807) is 7.11 Å². The molecule has 0 unspecified atom stereocenters. The second-order valence-corrected chi connectivity index (χ2v) is 2.90. The molecule has 0 aliphatic heterocycles. The highest BCUT2D eigenvalue weighted by Crippen LogP contribution is 2.19. The second-order valence-electron chi connectivity index (χ2n) is 2.90. The van der Waals surface area contributed by atoms with Crippen LogP contribution in [0.1, 0.15) is 24.5 Å². The quantitative estimate of drug-likeness (QED) is 0.707. The van der Waals surface area contributed by atoms with Crippen LogP contribution in [0.4, 0.5) is 0 Å². The summed E-state index contributed by atoms with van der Waals surface area (Å²) >= 11 is 0. The van der Waals surface area contributed by atoms with Crippen molar-refractivity contribution in [1.29, 1.82) is 5.26 Å². The van der Waals surface area contributed by atoms with Crippen LogP contribution in [0.15, 0.2) is 18.2 Å². The van der Waals surface area contributed by atoms with Gasteiger partial charge in [-0.2, -0.15) is 5.26 Å². The Bertz CT molecular complexity index is 325. The Labute approximate surface area is 78.8 Å². The average molecular weight is 175 g/mol. The highest BCUT2D eigenvalue weighted by atomic mass is 16.5. The normalized spacial score (nSPS) is 9.31. The third kappa shape index (κ3) is 2.22. The molecule has 0 saturated heterocycles.